The summed E-state index contributed by atoms with van der Waals surface area (Å²) in [5.74, 6) is 0. The first-order chi connectivity index (χ1) is 11.7. The van der Waals surface area contributed by atoms with E-state index in [1.54, 1.807) is 0 Å². The van der Waals surface area contributed by atoms with E-state index in [2.05, 4.69) is 31.2 Å². The van der Waals surface area contributed by atoms with Crippen LogP contribution in [0.2, 0.25) is 0 Å². The van der Waals surface area contributed by atoms with Crippen molar-refractivity contribution < 1.29 is 0 Å². The van der Waals surface area contributed by atoms with Gasteiger partial charge in [0.15, 0.2) is 0 Å². The van der Waals surface area contributed by atoms with Gasteiger partial charge in [-0.25, -0.2) is 0 Å². The van der Waals surface area contributed by atoms with Crippen LogP contribution in [0, 0.1) is 34.0 Å². The number of aryl methyl sites for hydroxylation is 2. The zero-order valence-electron chi connectivity index (χ0n) is 13.6. The van der Waals surface area contributed by atoms with Crippen LogP contribution in [0.5, 0.6) is 0 Å². The number of nitrogens with zero attached hydrogens (tertiary/aromatic N) is 3. The van der Waals surface area contributed by atoms with Crippen LogP contribution in [0.1, 0.15) is 41.7 Å². The second kappa shape index (κ2) is 6.04. The highest BCUT2D eigenvalue weighted by Gasteiger charge is 2.20. The second-order valence-corrected chi connectivity index (χ2v) is 5.65. The highest BCUT2D eigenvalue weighted by atomic mass is 14.3. The molecule has 3 aromatic rings. The minimum Gasteiger partial charge on any atom is -0.192 e. The summed E-state index contributed by atoms with van der Waals surface area (Å²) in [4.78, 5) is 0. The molecule has 0 radical (unpaired) electrons. The Kier molecular flexibility index (Phi) is 3.91. The van der Waals surface area contributed by atoms with E-state index in [1.807, 2.05) is 31.2 Å². The van der Waals surface area contributed by atoms with Crippen LogP contribution in [0.4, 0.5) is 0 Å². The maximum Gasteiger partial charge on any atom is 0.102 e. The predicted molar refractivity (Wildman–Crippen MR) is 94.4 cm³/mol. The molecule has 0 unspecified atom stereocenters. The van der Waals surface area contributed by atoms with Gasteiger partial charge in [0.25, 0.3) is 0 Å². The van der Waals surface area contributed by atoms with Crippen LogP contribution in [-0.2, 0) is 12.8 Å². The first-order valence-electron chi connectivity index (χ1n) is 7.95. The molecule has 3 aromatic carbocycles. The standard InChI is InChI=1S/C21H15N3/c1-3-13-6-5-7-14-8-9-16-18(11-23)19(12-24)17(10-22)15(4-2)21(16)20(13)14/h5-9H,3-4H2,1-2H3. The quantitative estimate of drug-likeness (QED) is 0.642. The Hall–Kier alpha value is -3.35. The van der Waals surface area contributed by atoms with Gasteiger partial charge in [-0.05, 0) is 40.1 Å². The van der Waals surface area contributed by atoms with Gasteiger partial charge >= 0.3 is 0 Å². The Morgan fingerprint density at radius 1 is 0.750 bits per heavy atom. The molecular weight excluding hydrogens is 294 g/mol. The Morgan fingerprint density at radius 2 is 1.46 bits per heavy atom. The summed E-state index contributed by atoms with van der Waals surface area (Å²) in [5.41, 5.74) is 2.87. The molecule has 0 saturated heterocycles. The molecule has 0 aliphatic heterocycles. The minimum atomic E-state index is 0.192. The van der Waals surface area contributed by atoms with Crippen molar-refractivity contribution in [2.75, 3.05) is 0 Å². The summed E-state index contributed by atoms with van der Waals surface area (Å²) in [6, 6.07) is 16.4. The molecule has 0 fully saturated rings. The molecule has 0 bridgehead atoms. The maximum atomic E-state index is 9.63. The summed E-state index contributed by atoms with van der Waals surface area (Å²) in [5, 5.41) is 32.6. The lowest BCUT2D eigenvalue weighted by molar-refractivity contribution is 1.14. The SMILES string of the molecule is CCc1cccc2ccc3c(C#N)c(C#N)c(C#N)c(CC)c3c12. The van der Waals surface area contributed by atoms with Gasteiger partial charge in [0.2, 0.25) is 0 Å². The van der Waals surface area contributed by atoms with E-state index in [1.165, 1.54) is 5.56 Å². The smallest absolute Gasteiger partial charge is 0.102 e. The third-order valence-electron chi connectivity index (χ3n) is 4.57. The lowest BCUT2D eigenvalue weighted by Crippen LogP contribution is -2.01. The van der Waals surface area contributed by atoms with Crippen LogP contribution in [-0.4, -0.2) is 0 Å². The molecule has 0 aromatic heterocycles. The third-order valence-corrected chi connectivity index (χ3v) is 4.57. The van der Waals surface area contributed by atoms with Crippen molar-refractivity contribution in [3.63, 3.8) is 0 Å². The summed E-state index contributed by atoms with van der Waals surface area (Å²) < 4.78 is 0. The van der Waals surface area contributed by atoms with Crippen molar-refractivity contribution in [3.8, 4) is 18.2 Å². The molecule has 3 heteroatoms. The monoisotopic (exact) mass is 309 g/mol. The van der Waals surface area contributed by atoms with E-state index >= 15 is 0 Å². The fraction of sp³-hybridized carbons (Fsp3) is 0.190. The van der Waals surface area contributed by atoms with Gasteiger partial charge in [-0.1, -0.05) is 44.2 Å². The van der Waals surface area contributed by atoms with Gasteiger partial charge in [0, 0.05) is 5.39 Å². The van der Waals surface area contributed by atoms with Crippen molar-refractivity contribution in [1.29, 1.82) is 15.8 Å². The largest absolute Gasteiger partial charge is 0.192 e. The number of rotatable bonds is 2. The molecule has 0 heterocycles. The van der Waals surface area contributed by atoms with Crippen LogP contribution < -0.4 is 0 Å². The topological polar surface area (TPSA) is 71.4 Å². The molecule has 0 amide bonds. The Bertz CT molecular complexity index is 1100. The van der Waals surface area contributed by atoms with Crippen molar-refractivity contribution in [1.82, 2.24) is 0 Å². The fourth-order valence-electron chi connectivity index (χ4n) is 3.51. The van der Waals surface area contributed by atoms with Crippen molar-refractivity contribution in [2.45, 2.75) is 26.7 Å². The normalized spacial score (nSPS) is 10.3. The number of hydrogen-bond donors (Lipinski definition) is 0. The van der Waals surface area contributed by atoms with E-state index in [4.69, 9.17) is 0 Å². The van der Waals surface area contributed by atoms with Crippen LogP contribution >= 0.6 is 0 Å². The molecule has 3 nitrogen and oxygen atoms in total. The summed E-state index contributed by atoms with van der Waals surface area (Å²) in [6.07, 6.45) is 1.50. The predicted octanol–water partition coefficient (Wildman–Crippen LogP) is 4.73. The number of benzene rings is 3. The van der Waals surface area contributed by atoms with E-state index in [-0.39, 0.29) is 5.56 Å². The molecule has 0 N–H and O–H groups in total. The van der Waals surface area contributed by atoms with Gasteiger partial charge in [-0.2, -0.15) is 15.8 Å². The molecule has 0 spiro atoms. The molecule has 24 heavy (non-hydrogen) atoms. The molecular formula is C21H15N3. The number of hydrogen-bond acceptors (Lipinski definition) is 3. The molecule has 0 aliphatic rings. The Labute approximate surface area is 141 Å². The summed E-state index contributed by atoms with van der Waals surface area (Å²) >= 11 is 0. The van der Waals surface area contributed by atoms with E-state index < -0.39 is 0 Å². The van der Waals surface area contributed by atoms with Crippen molar-refractivity contribution in [3.05, 3.63) is 58.1 Å². The molecule has 114 valence electrons. The number of nitriles is 3. The van der Waals surface area contributed by atoms with Crippen molar-refractivity contribution >= 4 is 21.5 Å². The average molecular weight is 309 g/mol. The molecule has 3 rings (SSSR count). The summed E-state index contributed by atoms with van der Waals surface area (Å²) in [6.45, 7) is 4.08. The fourth-order valence-corrected chi connectivity index (χ4v) is 3.51. The van der Waals surface area contributed by atoms with Crippen molar-refractivity contribution in [2.24, 2.45) is 0 Å². The second-order valence-electron chi connectivity index (χ2n) is 5.65. The Balaban J connectivity index is 2.75. The van der Waals surface area contributed by atoms with Crippen LogP contribution in [0.15, 0.2) is 30.3 Å². The Morgan fingerprint density at radius 3 is 2.04 bits per heavy atom. The van der Waals surface area contributed by atoms with Gasteiger partial charge in [0.05, 0.1) is 16.7 Å². The average Bonchev–Trinajstić information content (AvgIpc) is 2.64. The molecule has 0 saturated carbocycles. The van der Waals surface area contributed by atoms with E-state index in [0.717, 1.165) is 33.5 Å². The number of fused-ring (bicyclic) bond motifs is 3. The lowest BCUT2D eigenvalue weighted by atomic mass is 9.85. The first kappa shape index (κ1) is 15.5. The molecule has 0 aliphatic carbocycles. The molecule has 0 atom stereocenters. The van der Waals surface area contributed by atoms with Gasteiger partial charge in [0.1, 0.15) is 18.2 Å². The van der Waals surface area contributed by atoms with E-state index in [0.29, 0.717) is 17.5 Å². The van der Waals surface area contributed by atoms with Gasteiger partial charge < -0.3 is 0 Å². The summed E-state index contributed by atoms with van der Waals surface area (Å²) in [7, 11) is 0. The highest BCUT2D eigenvalue weighted by Crippen LogP contribution is 2.37. The highest BCUT2D eigenvalue weighted by molar-refractivity contribution is 6.13. The van der Waals surface area contributed by atoms with Gasteiger partial charge in [-0.3, -0.25) is 0 Å². The van der Waals surface area contributed by atoms with E-state index in [9.17, 15) is 15.8 Å². The maximum absolute atomic E-state index is 9.63. The third kappa shape index (κ3) is 2.02. The van der Waals surface area contributed by atoms with Crippen LogP contribution in [0.25, 0.3) is 21.5 Å². The first-order valence-corrected chi connectivity index (χ1v) is 7.95. The minimum absolute atomic E-state index is 0.192. The lowest BCUT2D eigenvalue weighted by Gasteiger charge is -2.16. The van der Waals surface area contributed by atoms with Crippen LogP contribution in [0.3, 0.4) is 0 Å². The van der Waals surface area contributed by atoms with Gasteiger partial charge in [-0.15, -0.1) is 0 Å². The zero-order chi connectivity index (χ0) is 17.3. The zero-order valence-corrected chi connectivity index (χ0v) is 13.6.